The Morgan fingerprint density at radius 2 is 1.92 bits per heavy atom. The molecule has 0 saturated heterocycles. The van der Waals surface area contributed by atoms with Crippen molar-refractivity contribution in [2.45, 2.75) is 13.0 Å². The lowest BCUT2D eigenvalue weighted by atomic mass is 10.2. The van der Waals surface area contributed by atoms with Gasteiger partial charge in [0.15, 0.2) is 5.01 Å². The first-order valence-corrected chi connectivity index (χ1v) is 8.93. The van der Waals surface area contributed by atoms with E-state index in [9.17, 15) is 4.79 Å². The smallest absolute Gasteiger partial charge is 0.283 e. The SMILES string of the molecule is C[C@@H](Oc1ccc(Br)cc1)c1nn2c(=O)c3ccccc3nc2s1. The van der Waals surface area contributed by atoms with Crippen LogP contribution in [-0.4, -0.2) is 14.6 Å². The lowest BCUT2D eigenvalue weighted by molar-refractivity contribution is 0.225. The van der Waals surface area contributed by atoms with E-state index in [1.165, 1.54) is 15.9 Å². The van der Waals surface area contributed by atoms with E-state index in [0.717, 1.165) is 10.2 Å². The highest BCUT2D eigenvalue weighted by Crippen LogP contribution is 2.26. The molecule has 4 rings (SSSR count). The van der Waals surface area contributed by atoms with Crippen molar-refractivity contribution in [1.82, 2.24) is 14.6 Å². The van der Waals surface area contributed by atoms with Crippen molar-refractivity contribution in [3.8, 4) is 5.75 Å². The van der Waals surface area contributed by atoms with E-state index in [2.05, 4.69) is 26.0 Å². The third kappa shape index (κ3) is 2.70. The van der Waals surface area contributed by atoms with Gasteiger partial charge < -0.3 is 4.74 Å². The van der Waals surface area contributed by atoms with E-state index < -0.39 is 0 Å². The predicted molar refractivity (Wildman–Crippen MR) is 97.8 cm³/mol. The van der Waals surface area contributed by atoms with Gasteiger partial charge in [-0.3, -0.25) is 4.79 Å². The van der Waals surface area contributed by atoms with E-state index in [-0.39, 0.29) is 11.7 Å². The van der Waals surface area contributed by atoms with Gasteiger partial charge in [0.25, 0.3) is 5.56 Å². The molecular formula is C17H12BrN3O2S. The standard InChI is InChI=1S/C17H12BrN3O2S/c1-10(23-12-8-6-11(18)7-9-12)15-20-21-16(22)13-4-2-3-5-14(13)19-17(21)24-15/h2-10H,1H3/t10-/m1/s1. The van der Waals surface area contributed by atoms with Crippen LogP contribution in [0.5, 0.6) is 5.75 Å². The van der Waals surface area contributed by atoms with Crippen LogP contribution in [0.3, 0.4) is 0 Å². The number of benzene rings is 2. The molecular weight excluding hydrogens is 390 g/mol. The fourth-order valence-electron chi connectivity index (χ4n) is 2.40. The van der Waals surface area contributed by atoms with E-state index in [1.807, 2.05) is 49.4 Å². The summed E-state index contributed by atoms with van der Waals surface area (Å²) in [6.45, 7) is 1.91. The van der Waals surface area contributed by atoms with Crippen molar-refractivity contribution < 1.29 is 4.74 Å². The van der Waals surface area contributed by atoms with E-state index in [0.29, 0.717) is 20.9 Å². The fraction of sp³-hybridized carbons (Fsp3) is 0.118. The summed E-state index contributed by atoms with van der Waals surface area (Å²) in [5.41, 5.74) is 0.521. The Hall–Kier alpha value is -2.25. The van der Waals surface area contributed by atoms with Gasteiger partial charge in [0.1, 0.15) is 11.9 Å². The molecule has 7 heteroatoms. The third-order valence-corrected chi connectivity index (χ3v) is 5.19. The van der Waals surface area contributed by atoms with Gasteiger partial charge in [-0.2, -0.15) is 9.61 Å². The van der Waals surface area contributed by atoms with E-state index >= 15 is 0 Å². The van der Waals surface area contributed by atoms with Crippen LogP contribution in [0.25, 0.3) is 15.9 Å². The van der Waals surface area contributed by atoms with Gasteiger partial charge in [-0.1, -0.05) is 39.4 Å². The zero-order chi connectivity index (χ0) is 16.7. The molecule has 0 saturated carbocycles. The summed E-state index contributed by atoms with van der Waals surface area (Å²) in [7, 11) is 0. The van der Waals surface area contributed by atoms with Crippen LogP contribution < -0.4 is 10.3 Å². The second-order valence-corrected chi connectivity index (χ2v) is 7.19. The number of para-hydroxylation sites is 1. The van der Waals surface area contributed by atoms with Gasteiger partial charge >= 0.3 is 0 Å². The average Bonchev–Trinajstić information content (AvgIpc) is 3.02. The van der Waals surface area contributed by atoms with Crippen molar-refractivity contribution >= 4 is 43.1 Å². The lowest BCUT2D eigenvalue weighted by Crippen LogP contribution is -2.15. The molecule has 0 N–H and O–H groups in total. The fourth-order valence-corrected chi connectivity index (χ4v) is 3.54. The molecule has 2 heterocycles. The molecule has 4 aromatic rings. The Morgan fingerprint density at radius 1 is 1.17 bits per heavy atom. The number of fused-ring (bicyclic) bond motifs is 2. The molecule has 2 aromatic carbocycles. The summed E-state index contributed by atoms with van der Waals surface area (Å²) in [4.78, 5) is 17.6. The van der Waals surface area contributed by atoms with Gasteiger partial charge in [-0.25, -0.2) is 4.98 Å². The Bertz CT molecular complexity index is 1090. The van der Waals surface area contributed by atoms with E-state index in [1.54, 1.807) is 6.07 Å². The van der Waals surface area contributed by atoms with Crippen molar-refractivity contribution in [1.29, 1.82) is 0 Å². The molecule has 120 valence electrons. The number of aromatic nitrogens is 3. The van der Waals surface area contributed by atoms with Crippen LogP contribution in [-0.2, 0) is 0 Å². The molecule has 0 radical (unpaired) electrons. The number of hydrogen-bond donors (Lipinski definition) is 0. The maximum absolute atomic E-state index is 12.5. The van der Waals surface area contributed by atoms with Crippen molar-refractivity contribution in [2.75, 3.05) is 0 Å². The first-order valence-electron chi connectivity index (χ1n) is 7.32. The van der Waals surface area contributed by atoms with Gasteiger partial charge in [-0.05, 0) is 43.3 Å². The molecule has 0 aliphatic carbocycles. The van der Waals surface area contributed by atoms with Crippen molar-refractivity contribution in [3.05, 3.63) is 68.4 Å². The Kier molecular flexibility index (Phi) is 3.82. The minimum atomic E-state index is -0.277. The Morgan fingerprint density at radius 3 is 2.71 bits per heavy atom. The van der Waals surface area contributed by atoms with Crippen LogP contribution in [0.1, 0.15) is 18.0 Å². The number of halogens is 1. The normalized spacial score (nSPS) is 12.6. The lowest BCUT2D eigenvalue weighted by Gasteiger charge is -2.11. The summed E-state index contributed by atoms with van der Waals surface area (Å²) in [5.74, 6) is 0.746. The highest BCUT2D eigenvalue weighted by molar-refractivity contribution is 9.10. The number of rotatable bonds is 3. The number of nitrogens with zero attached hydrogens (tertiary/aromatic N) is 3. The van der Waals surface area contributed by atoms with Crippen LogP contribution in [0, 0.1) is 0 Å². The summed E-state index contributed by atoms with van der Waals surface area (Å²) < 4.78 is 8.25. The minimum absolute atomic E-state index is 0.158. The van der Waals surface area contributed by atoms with Crippen molar-refractivity contribution in [3.63, 3.8) is 0 Å². The quantitative estimate of drug-likeness (QED) is 0.515. The predicted octanol–water partition coefficient (Wildman–Crippen LogP) is 4.21. The molecule has 0 unspecified atom stereocenters. The Labute approximate surface area is 149 Å². The molecule has 0 aliphatic heterocycles. The van der Waals surface area contributed by atoms with Crippen LogP contribution in [0.15, 0.2) is 57.8 Å². The zero-order valence-electron chi connectivity index (χ0n) is 12.6. The van der Waals surface area contributed by atoms with Gasteiger partial charge in [0.05, 0.1) is 10.9 Å². The van der Waals surface area contributed by atoms with Crippen LogP contribution >= 0.6 is 27.3 Å². The summed E-state index contributed by atoms with van der Waals surface area (Å²) in [6.07, 6.45) is -0.277. The summed E-state index contributed by atoms with van der Waals surface area (Å²) in [5, 5.41) is 5.67. The maximum atomic E-state index is 12.5. The second kappa shape index (κ2) is 5.99. The highest BCUT2D eigenvalue weighted by Gasteiger charge is 2.16. The monoisotopic (exact) mass is 401 g/mol. The molecule has 1 atom stereocenters. The van der Waals surface area contributed by atoms with Crippen LogP contribution in [0.4, 0.5) is 0 Å². The third-order valence-electron chi connectivity index (χ3n) is 3.59. The molecule has 0 fully saturated rings. The van der Waals surface area contributed by atoms with Crippen LogP contribution in [0.2, 0.25) is 0 Å². The summed E-state index contributed by atoms with van der Waals surface area (Å²) in [6, 6.07) is 14.9. The molecule has 0 aliphatic rings. The molecule has 2 aromatic heterocycles. The van der Waals surface area contributed by atoms with Gasteiger partial charge in [0, 0.05) is 4.47 Å². The first-order chi connectivity index (χ1) is 11.6. The first kappa shape index (κ1) is 15.3. The molecule has 0 amide bonds. The van der Waals surface area contributed by atoms with Gasteiger partial charge in [0.2, 0.25) is 4.96 Å². The Balaban J connectivity index is 1.74. The van der Waals surface area contributed by atoms with Crippen molar-refractivity contribution in [2.24, 2.45) is 0 Å². The molecule has 5 nitrogen and oxygen atoms in total. The minimum Gasteiger partial charge on any atom is -0.483 e. The molecule has 0 bridgehead atoms. The highest BCUT2D eigenvalue weighted by atomic mass is 79.9. The molecule has 24 heavy (non-hydrogen) atoms. The number of hydrogen-bond acceptors (Lipinski definition) is 5. The molecule has 0 spiro atoms. The summed E-state index contributed by atoms with van der Waals surface area (Å²) >= 11 is 4.76. The average molecular weight is 402 g/mol. The maximum Gasteiger partial charge on any atom is 0.283 e. The number of ether oxygens (including phenoxy) is 1. The zero-order valence-corrected chi connectivity index (χ0v) is 15.0. The largest absolute Gasteiger partial charge is 0.483 e. The van der Waals surface area contributed by atoms with Gasteiger partial charge in [-0.15, -0.1) is 0 Å². The second-order valence-electron chi connectivity index (χ2n) is 5.28. The topological polar surface area (TPSA) is 56.5 Å². The van der Waals surface area contributed by atoms with E-state index in [4.69, 9.17) is 4.74 Å².